The Balaban J connectivity index is 1.82. The molecule has 0 aliphatic carbocycles. The maximum absolute atomic E-state index is 14.2. The summed E-state index contributed by atoms with van der Waals surface area (Å²) in [5.74, 6) is -0.161. The number of rotatable bonds is 10. The summed E-state index contributed by atoms with van der Waals surface area (Å²) in [6.07, 6.45) is -1.48. The van der Waals surface area contributed by atoms with Gasteiger partial charge < -0.3 is 39.0 Å². The molecule has 3 rings (SSSR count). The Morgan fingerprint density at radius 1 is 1.09 bits per heavy atom. The second-order valence-corrected chi connectivity index (χ2v) is 12.4. The summed E-state index contributed by atoms with van der Waals surface area (Å²) >= 11 is 0. The van der Waals surface area contributed by atoms with Crippen molar-refractivity contribution in [1.82, 2.24) is 15.1 Å². The van der Waals surface area contributed by atoms with Gasteiger partial charge in [-0.25, -0.2) is 9.59 Å². The van der Waals surface area contributed by atoms with Gasteiger partial charge in [0, 0.05) is 51.1 Å². The van der Waals surface area contributed by atoms with E-state index in [-0.39, 0.29) is 55.5 Å². The largest absolute Gasteiger partial charge is 0.511 e. The highest BCUT2D eigenvalue weighted by atomic mass is 16.8. The van der Waals surface area contributed by atoms with Gasteiger partial charge in [0.1, 0.15) is 5.75 Å². The van der Waals surface area contributed by atoms with Gasteiger partial charge >= 0.3 is 12.2 Å². The van der Waals surface area contributed by atoms with Gasteiger partial charge in [-0.05, 0) is 79.0 Å². The summed E-state index contributed by atoms with van der Waals surface area (Å²) in [6, 6.07) is 2.93. The van der Waals surface area contributed by atoms with Crippen molar-refractivity contribution in [2.75, 3.05) is 31.1 Å². The zero-order chi connectivity index (χ0) is 33.6. The van der Waals surface area contributed by atoms with Crippen LogP contribution in [0.1, 0.15) is 90.6 Å². The van der Waals surface area contributed by atoms with E-state index in [4.69, 9.17) is 18.9 Å². The van der Waals surface area contributed by atoms with E-state index in [9.17, 15) is 24.0 Å². The zero-order valence-electron chi connectivity index (χ0n) is 27.9. The van der Waals surface area contributed by atoms with Crippen LogP contribution in [0.4, 0.5) is 15.3 Å². The first-order chi connectivity index (χ1) is 21.0. The smallest absolute Gasteiger partial charge is 0.476 e. The highest BCUT2D eigenvalue weighted by Gasteiger charge is 2.42. The number of fused-ring (bicyclic) bond motifs is 1. The Morgan fingerprint density at radius 2 is 1.78 bits per heavy atom. The quantitative estimate of drug-likeness (QED) is 0.293. The maximum Gasteiger partial charge on any atom is 0.511 e. The van der Waals surface area contributed by atoms with E-state index in [1.165, 1.54) is 11.8 Å². The molecule has 250 valence electrons. The molecule has 45 heavy (non-hydrogen) atoms. The summed E-state index contributed by atoms with van der Waals surface area (Å²) in [7, 11) is 0. The minimum absolute atomic E-state index is 0.122. The van der Waals surface area contributed by atoms with E-state index in [2.05, 4.69) is 5.32 Å². The Hall–Kier alpha value is -4.03. The molecule has 0 radical (unpaired) electrons. The van der Waals surface area contributed by atoms with E-state index in [0.717, 1.165) is 0 Å². The number of nitrogens with zero attached hydrogens (tertiary/aromatic N) is 3. The fourth-order valence-electron chi connectivity index (χ4n) is 5.51. The molecular formula is C32H48N4O9. The van der Waals surface area contributed by atoms with Crippen LogP contribution < -0.4 is 15.0 Å². The standard InChI is InChI=1S/C32H48N4O9/c1-10-27(37)33-13-15-35-25-17-24(21(6)16-26(25)45-32(8,9)29(35)39)28(38)36(19(2)3)23-12-11-14-34(18-23)30(40)43-22(7)44-31(41)42-20(4)5/h16-17,19-20,22-23H,10-15,18H2,1-9H3,(H,33,37)/t22?,23-/m1/s1. The Labute approximate surface area is 265 Å². The lowest BCUT2D eigenvalue weighted by molar-refractivity contribution is -0.132. The van der Waals surface area contributed by atoms with Crippen molar-refractivity contribution in [2.45, 2.75) is 112 Å². The number of hydrogen-bond acceptors (Lipinski definition) is 9. The summed E-state index contributed by atoms with van der Waals surface area (Å²) in [6.45, 7) is 16.7. The number of nitrogens with one attached hydrogen (secondary N) is 1. The Bertz CT molecular complexity index is 1280. The molecule has 0 spiro atoms. The average Bonchev–Trinajstić information content (AvgIpc) is 2.94. The topological polar surface area (TPSA) is 144 Å². The third-order valence-corrected chi connectivity index (χ3v) is 7.63. The zero-order valence-corrected chi connectivity index (χ0v) is 27.9. The highest BCUT2D eigenvalue weighted by molar-refractivity contribution is 6.05. The van der Waals surface area contributed by atoms with Crippen LogP contribution >= 0.6 is 0 Å². The Kier molecular flexibility index (Phi) is 11.7. The second-order valence-electron chi connectivity index (χ2n) is 12.4. The third-order valence-electron chi connectivity index (χ3n) is 7.63. The van der Waals surface area contributed by atoms with Gasteiger partial charge in [0.05, 0.1) is 17.8 Å². The van der Waals surface area contributed by atoms with Crippen LogP contribution in [0.5, 0.6) is 5.75 Å². The first-order valence-electron chi connectivity index (χ1n) is 15.6. The van der Waals surface area contributed by atoms with Gasteiger partial charge in [-0.1, -0.05) is 6.92 Å². The molecule has 1 saturated heterocycles. The lowest BCUT2D eigenvalue weighted by Gasteiger charge is -2.42. The van der Waals surface area contributed by atoms with E-state index < -0.39 is 24.1 Å². The SMILES string of the molecule is CCC(=O)NCCN1C(=O)C(C)(C)Oc2cc(C)c(C(=O)N(C(C)C)[C@@H]3CCCN(C(=O)OC(C)OC(=O)OC(C)C)C3)cc21. The van der Waals surface area contributed by atoms with Crippen LogP contribution in [-0.2, 0) is 23.8 Å². The van der Waals surface area contributed by atoms with Crippen LogP contribution in [0.25, 0.3) is 0 Å². The fourth-order valence-corrected chi connectivity index (χ4v) is 5.51. The first-order valence-corrected chi connectivity index (χ1v) is 15.6. The van der Waals surface area contributed by atoms with E-state index in [1.54, 1.807) is 56.6 Å². The fraction of sp³-hybridized carbons (Fsp3) is 0.656. The summed E-state index contributed by atoms with van der Waals surface area (Å²) < 4.78 is 21.3. The average molecular weight is 633 g/mol. The minimum atomic E-state index is -1.15. The molecular weight excluding hydrogens is 584 g/mol. The van der Waals surface area contributed by atoms with E-state index >= 15 is 0 Å². The minimum Gasteiger partial charge on any atom is -0.476 e. The number of anilines is 1. The maximum atomic E-state index is 14.2. The molecule has 1 aromatic carbocycles. The number of piperidine rings is 1. The Morgan fingerprint density at radius 3 is 2.40 bits per heavy atom. The highest BCUT2D eigenvalue weighted by Crippen LogP contribution is 2.40. The van der Waals surface area contributed by atoms with Crippen molar-refractivity contribution >= 4 is 35.7 Å². The van der Waals surface area contributed by atoms with Crippen molar-refractivity contribution in [2.24, 2.45) is 0 Å². The van der Waals surface area contributed by atoms with Crippen molar-refractivity contribution in [3.05, 3.63) is 23.3 Å². The van der Waals surface area contributed by atoms with Crippen LogP contribution in [0.3, 0.4) is 0 Å². The monoisotopic (exact) mass is 632 g/mol. The van der Waals surface area contributed by atoms with E-state index in [0.29, 0.717) is 48.4 Å². The summed E-state index contributed by atoms with van der Waals surface area (Å²) in [5, 5.41) is 2.80. The number of carbonyl (C=O) groups is 5. The van der Waals surface area contributed by atoms with Gasteiger partial charge in [-0.15, -0.1) is 0 Å². The van der Waals surface area contributed by atoms with Crippen LogP contribution in [0.15, 0.2) is 12.1 Å². The molecule has 0 aromatic heterocycles. The molecule has 13 nitrogen and oxygen atoms in total. The van der Waals surface area contributed by atoms with Crippen LogP contribution in [-0.4, -0.2) is 96.0 Å². The molecule has 1 aromatic rings. The van der Waals surface area contributed by atoms with Gasteiger partial charge in [0.2, 0.25) is 12.2 Å². The van der Waals surface area contributed by atoms with Crippen LogP contribution in [0.2, 0.25) is 0 Å². The number of ether oxygens (including phenoxy) is 4. The number of hydrogen-bond donors (Lipinski definition) is 1. The van der Waals surface area contributed by atoms with Gasteiger partial charge in [0.25, 0.3) is 11.8 Å². The van der Waals surface area contributed by atoms with Crippen molar-refractivity contribution in [3.8, 4) is 5.75 Å². The normalized spacial score (nSPS) is 18.1. The van der Waals surface area contributed by atoms with Gasteiger partial charge in [0.15, 0.2) is 5.60 Å². The molecule has 13 heteroatoms. The van der Waals surface area contributed by atoms with E-state index in [1.807, 2.05) is 20.8 Å². The number of benzene rings is 1. The van der Waals surface area contributed by atoms with Gasteiger partial charge in [-0.3, -0.25) is 14.4 Å². The predicted octanol–water partition coefficient (Wildman–Crippen LogP) is 4.38. The number of amides is 4. The van der Waals surface area contributed by atoms with Crippen LogP contribution in [0, 0.1) is 6.92 Å². The summed E-state index contributed by atoms with van der Waals surface area (Å²) in [5.41, 5.74) is 0.425. The lowest BCUT2D eigenvalue weighted by atomic mass is 9.97. The molecule has 4 amide bonds. The molecule has 1 fully saturated rings. The number of aryl methyl sites for hydroxylation is 1. The molecule has 2 aliphatic heterocycles. The summed E-state index contributed by atoms with van der Waals surface area (Å²) in [4.78, 5) is 69.0. The first kappa shape index (κ1) is 35.4. The number of carbonyl (C=O) groups excluding carboxylic acids is 5. The van der Waals surface area contributed by atoms with Crippen molar-refractivity contribution < 1.29 is 42.9 Å². The van der Waals surface area contributed by atoms with Crippen molar-refractivity contribution in [3.63, 3.8) is 0 Å². The molecule has 0 bridgehead atoms. The van der Waals surface area contributed by atoms with Gasteiger partial charge in [-0.2, -0.15) is 0 Å². The second kappa shape index (κ2) is 14.8. The molecule has 2 atom stereocenters. The lowest BCUT2D eigenvalue weighted by Crippen LogP contribution is -2.55. The molecule has 2 heterocycles. The molecule has 1 unspecified atom stereocenters. The molecule has 2 aliphatic rings. The molecule has 0 saturated carbocycles. The van der Waals surface area contributed by atoms with Crippen molar-refractivity contribution in [1.29, 1.82) is 0 Å². The number of likely N-dealkylation sites (tertiary alicyclic amines) is 1. The molecule has 1 N–H and O–H groups in total. The predicted molar refractivity (Wildman–Crippen MR) is 166 cm³/mol. The third kappa shape index (κ3) is 8.79.